The Morgan fingerprint density at radius 2 is 1.29 bits per heavy atom. The molecule has 2 aromatic carbocycles. The van der Waals surface area contributed by atoms with E-state index in [9.17, 15) is 14.4 Å². The maximum atomic E-state index is 11.1. The molecule has 0 spiro atoms. The van der Waals surface area contributed by atoms with Crippen LogP contribution >= 0.6 is 0 Å². The molecule has 0 saturated carbocycles. The molecule has 0 aliphatic rings. The zero-order chi connectivity index (χ0) is 24.0. The van der Waals surface area contributed by atoms with Crippen molar-refractivity contribution in [1.29, 1.82) is 0 Å². The molecule has 170 valence electrons. The van der Waals surface area contributed by atoms with E-state index in [0.29, 0.717) is 11.4 Å². The molecule has 31 heavy (non-hydrogen) atoms. The predicted octanol–water partition coefficient (Wildman–Crippen LogP) is 3.69. The molecule has 0 aliphatic carbocycles. The molecule has 2 amide bonds. The largest absolute Gasteiger partial charge is 0.469 e. The van der Waals surface area contributed by atoms with Crippen LogP contribution in [0.3, 0.4) is 0 Å². The average Bonchev–Trinajstić information content (AvgIpc) is 2.74. The summed E-state index contributed by atoms with van der Waals surface area (Å²) in [7, 11) is 3.90. The fraction of sp³-hybridized carbons (Fsp3) is 0.286. The maximum absolute atomic E-state index is 11.1. The van der Waals surface area contributed by atoms with Gasteiger partial charge in [-0.1, -0.05) is 12.1 Å². The Hall–Kier alpha value is -3.95. The molecule has 2 aromatic rings. The Balaban J connectivity index is 0.000000533. The highest BCUT2D eigenvalue weighted by atomic mass is 16.5. The highest BCUT2D eigenvalue weighted by molar-refractivity contribution is 5.89. The number of hydrogen-bond donors (Lipinski definition) is 4. The van der Waals surface area contributed by atoms with Crippen LogP contribution in [0.25, 0.3) is 0 Å². The standard InChI is InChI=1S/C11H14N2O4.C7H10N2.C3H6O2/c1-7-4-5-8(12-10(14)16-2)6-9(7)13-11(15)17-3;1-5-2-3-6(8)4-7(5)9;1-3(4)5-2/h4-6H,1-3H3,(H,12,14)(H,13,15);2-4H,8-9H2,1H3;1-2H3. The second kappa shape index (κ2) is 14.1. The molecule has 0 radical (unpaired) electrons. The topological polar surface area (TPSA) is 155 Å². The summed E-state index contributed by atoms with van der Waals surface area (Å²) >= 11 is 0. The monoisotopic (exact) mass is 434 g/mol. The van der Waals surface area contributed by atoms with E-state index in [1.807, 2.05) is 26.0 Å². The van der Waals surface area contributed by atoms with Crippen LogP contribution in [0.4, 0.5) is 32.3 Å². The van der Waals surface area contributed by atoms with E-state index in [0.717, 1.165) is 22.5 Å². The normalized spacial score (nSPS) is 8.97. The van der Waals surface area contributed by atoms with E-state index in [4.69, 9.17) is 11.5 Å². The molecule has 10 heteroatoms. The molecule has 0 aliphatic heterocycles. The first-order valence-corrected chi connectivity index (χ1v) is 9.00. The summed E-state index contributed by atoms with van der Waals surface area (Å²) in [5.41, 5.74) is 15.5. The summed E-state index contributed by atoms with van der Waals surface area (Å²) in [4.78, 5) is 31.7. The number of esters is 1. The minimum absolute atomic E-state index is 0.245. The quantitative estimate of drug-likeness (QED) is 0.317. The van der Waals surface area contributed by atoms with E-state index >= 15 is 0 Å². The first-order chi connectivity index (χ1) is 14.5. The number of nitrogens with one attached hydrogen (secondary N) is 2. The molecular weight excluding hydrogens is 404 g/mol. The molecule has 6 N–H and O–H groups in total. The average molecular weight is 434 g/mol. The van der Waals surface area contributed by atoms with Crippen LogP contribution in [-0.2, 0) is 19.0 Å². The lowest BCUT2D eigenvalue weighted by Crippen LogP contribution is -2.14. The lowest BCUT2D eigenvalue weighted by molar-refractivity contribution is -0.137. The van der Waals surface area contributed by atoms with Gasteiger partial charge in [0.15, 0.2) is 0 Å². The Morgan fingerprint density at radius 3 is 1.74 bits per heavy atom. The van der Waals surface area contributed by atoms with Gasteiger partial charge in [-0.3, -0.25) is 15.4 Å². The van der Waals surface area contributed by atoms with Gasteiger partial charge in [-0.05, 0) is 49.2 Å². The van der Waals surface area contributed by atoms with Gasteiger partial charge in [-0.2, -0.15) is 0 Å². The van der Waals surface area contributed by atoms with Crippen LogP contribution in [0.15, 0.2) is 36.4 Å². The lowest BCUT2D eigenvalue weighted by Gasteiger charge is -2.10. The second-order valence-corrected chi connectivity index (χ2v) is 6.07. The van der Waals surface area contributed by atoms with Gasteiger partial charge < -0.3 is 25.7 Å². The third-order valence-electron chi connectivity index (χ3n) is 3.68. The van der Waals surface area contributed by atoms with Crippen LogP contribution in [0.5, 0.6) is 0 Å². The van der Waals surface area contributed by atoms with Crippen molar-refractivity contribution in [3.8, 4) is 0 Å². The van der Waals surface area contributed by atoms with E-state index in [1.54, 1.807) is 24.3 Å². The zero-order valence-corrected chi connectivity index (χ0v) is 18.6. The highest BCUT2D eigenvalue weighted by Gasteiger charge is 2.07. The maximum Gasteiger partial charge on any atom is 0.411 e. The Morgan fingerprint density at radius 1 is 0.774 bits per heavy atom. The summed E-state index contributed by atoms with van der Waals surface area (Å²) < 4.78 is 13.1. The predicted molar refractivity (Wildman–Crippen MR) is 121 cm³/mol. The lowest BCUT2D eigenvalue weighted by atomic mass is 10.2. The van der Waals surface area contributed by atoms with Crippen molar-refractivity contribution < 1.29 is 28.6 Å². The van der Waals surface area contributed by atoms with E-state index in [2.05, 4.69) is 24.8 Å². The Kier molecular flexibility index (Phi) is 12.3. The number of carbonyl (C=O) groups excluding carboxylic acids is 3. The van der Waals surface area contributed by atoms with Crippen molar-refractivity contribution in [3.05, 3.63) is 47.5 Å². The number of methoxy groups -OCH3 is 3. The number of benzene rings is 2. The second-order valence-electron chi connectivity index (χ2n) is 6.07. The van der Waals surface area contributed by atoms with Gasteiger partial charge in [0.2, 0.25) is 0 Å². The number of rotatable bonds is 2. The molecule has 0 unspecified atom stereocenters. The van der Waals surface area contributed by atoms with Crippen LogP contribution < -0.4 is 22.1 Å². The number of anilines is 4. The molecule has 0 aromatic heterocycles. The molecule has 0 fully saturated rings. The third-order valence-corrected chi connectivity index (χ3v) is 3.68. The van der Waals surface area contributed by atoms with Crippen molar-refractivity contribution >= 4 is 40.9 Å². The first kappa shape index (κ1) is 27.0. The van der Waals surface area contributed by atoms with E-state index < -0.39 is 12.2 Å². The minimum atomic E-state index is -0.571. The Labute approximate surface area is 181 Å². The fourth-order valence-corrected chi connectivity index (χ4v) is 1.82. The van der Waals surface area contributed by atoms with Crippen LogP contribution in [0.1, 0.15) is 18.1 Å². The van der Waals surface area contributed by atoms with Gasteiger partial charge in [-0.25, -0.2) is 9.59 Å². The number of ether oxygens (including phenoxy) is 3. The summed E-state index contributed by atoms with van der Waals surface area (Å²) in [6.45, 7) is 5.14. The number of nitrogen functional groups attached to an aromatic ring is 2. The fourth-order valence-electron chi connectivity index (χ4n) is 1.82. The van der Waals surface area contributed by atoms with Crippen LogP contribution in [0.2, 0.25) is 0 Å². The molecule has 0 heterocycles. The van der Waals surface area contributed by atoms with E-state index in [-0.39, 0.29) is 5.97 Å². The highest BCUT2D eigenvalue weighted by Crippen LogP contribution is 2.20. The third kappa shape index (κ3) is 11.6. The van der Waals surface area contributed by atoms with E-state index in [1.165, 1.54) is 28.3 Å². The van der Waals surface area contributed by atoms with Gasteiger partial charge in [0.25, 0.3) is 0 Å². The number of nitrogens with two attached hydrogens (primary N) is 2. The molecule has 0 saturated heterocycles. The molecule has 10 nitrogen and oxygen atoms in total. The summed E-state index contributed by atoms with van der Waals surface area (Å²) in [5.74, 6) is -0.245. The van der Waals surface area contributed by atoms with Crippen molar-refractivity contribution in [2.45, 2.75) is 20.8 Å². The van der Waals surface area contributed by atoms with Crippen molar-refractivity contribution in [2.75, 3.05) is 43.4 Å². The van der Waals surface area contributed by atoms with Crippen LogP contribution in [-0.4, -0.2) is 39.5 Å². The SMILES string of the molecule is COC(=O)Nc1ccc(C)c(NC(=O)OC)c1.COC(C)=O.Cc1ccc(N)cc1N. The molecule has 2 rings (SSSR count). The van der Waals surface area contributed by atoms with Crippen LogP contribution in [0, 0.1) is 13.8 Å². The molecule has 0 atom stereocenters. The van der Waals surface area contributed by atoms with Gasteiger partial charge in [-0.15, -0.1) is 0 Å². The van der Waals surface area contributed by atoms with Crippen molar-refractivity contribution in [2.24, 2.45) is 0 Å². The van der Waals surface area contributed by atoms with Crippen molar-refractivity contribution in [3.63, 3.8) is 0 Å². The molecular formula is C21H30N4O6. The van der Waals surface area contributed by atoms with Crippen molar-refractivity contribution in [1.82, 2.24) is 0 Å². The number of aryl methyl sites for hydroxylation is 2. The van der Waals surface area contributed by atoms with Gasteiger partial charge in [0.05, 0.1) is 21.3 Å². The summed E-state index contributed by atoms with van der Waals surface area (Å²) in [6, 6.07) is 10.6. The Bertz CT molecular complexity index is 886. The minimum Gasteiger partial charge on any atom is -0.469 e. The summed E-state index contributed by atoms with van der Waals surface area (Å²) in [5, 5.41) is 5.04. The van der Waals surface area contributed by atoms with Gasteiger partial charge >= 0.3 is 18.2 Å². The molecule has 0 bridgehead atoms. The first-order valence-electron chi connectivity index (χ1n) is 9.00. The number of hydrogen-bond acceptors (Lipinski definition) is 8. The van der Waals surface area contributed by atoms with Gasteiger partial charge in [0, 0.05) is 29.7 Å². The number of amides is 2. The summed E-state index contributed by atoms with van der Waals surface area (Å²) in [6.07, 6.45) is -1.14. The zero-order valence-electron chi connectivity index (χ0n) is 18.6. The smallest absolute Gasteiger partial charge is 0.411 e. The number of carbonyl (C=O) groups is 3. The van der Waals surface area contributed by atoms with Gasteiger partial charge in [0.1, 0.15) is 0 Å².